The molecule has 0 aromatic carbocycles. The van der Waals surface area contributed by atoms with Gasteiger partial charge in [0.05, 0.1) is 6.73 Å². The van der Waals surface area contributed by atoms with Gasteiger partial charge in [0.1, 0.15) is 0 Å². The fourth-order valence-electron chi connectivity index (χ4n) is 2.47. The van der Waals surface area contributed by atoms with Crippen LogP contribution < -0.4 is 5.32 Å². The van der Waals surface area contributed by atoms with Crippen molar-refractivity contribution in [3.63, 3.8) is 0 Å². The van der Waals surface area contributed by atoms with E-state index >= 15 is 0 Å². The highest BCUT2D eigenvalue weighted by Gasteiger charge is 2.31. The summed E-state index contributed by atoms with van der Waals surface area (Å²) < 4.78 is 5.16. The molecule has 4 nitrogen and oxygen atoms in total. The van der Waals surface area contributed by atoms with Crippen molar-refractivity contribution in [2.24, 2.45) is 0 Å². The summed E-state index contributed by atoms with van der Waals surface area (Å²) in [6.07, 6.45) is 0. The van der Waals surface area contributed by atoms with Crippen LogP contribution in [0.4, 0.5) is 0 Å². The van der Waals surface area contributed by atoms with Crippen LogP contribution in [0.1, 0.15) is 0 Å². The summed E-state index contributed by atoms with van der Waals surface area (Å²) in [6.45, 7) is 5.34. The van der Waals surface area contributed by atoms with E-state index in [-0.39, 0.29) is 0 Å². The Labute approximate surface area is 79.8 Å². The first-order valence-electron chi connectivity index (χ1n) is 4.94. The van der Waals surface area contributed by atoms with E-state index in [9.17, 15) is 0 Å². The van der Waals surface area contributed by atoms with Crippen LogP contribution in [-0.4, -0.2) is 69.0 Å². The van der Waals surface area contributed by atoms with Crippen LogP contribution in [0, 0.1) is 0 Å². The summed E-state index contributed by atoms with van der Waals surface area (Å²) in [4.78, 5) is 4.80. The molecule has 0 saturated carbocycles. The third-order valence-corrected chi connectivity index (χ3v) is 2.80. The standard InChI is InChI=1S/C9H19N3O/c1-11-3-8-5-12(7-13-2)6-9(4-11)10-8/h8-10H,3-7H2,1-2H3. The predicted molar refractivity (Wildman–Crippen MR) is 51.7 cm³/mol. The average Bonchev–Trinajstić information content (AvgIpc) is 2.01. The number of fused-ring (bicyclic) bond motifs is 2. The van der Waals surface area contributed by atoms with E-state index < -0.39 is 0 Å². The van der Waals surface area contributed by atoms with Crippen LogP contribution in [0.3, 0.4) is 0 Å². The quantitative estimate of drug-likeness (QED) is 0.608. The van der Waals surface area contributed by atoms with Crippen molar-refractivity contribution in [1.82, 2.24) is 15.1 Å². The van der Waals surface area contributed by atoms with Crippen LogP contribution in [0.15, 0.2) is 0 Å². The summed E-state index contributed by atoms with van der Waals surface area (Å²) >= 11 is 0. The van der Waals surface area contributed by atoms with Crippen molar-refractivity contribution in [2.45, 2.75) is 12.1 Å². The number of piperazine rings is 2. The number of likely N-dealkylation sites (N-methyl/N-ethyl adjacent to an activating group) is 1. The van der Waals surface area contributed by atoms with Crippen LogP contribution in [0.25, 0.3) is 0 Å². The summed E-state index contributed by atoms with van der Waals surface area (Å²) in [5.74, 6) is 0. The summed E-state index contributed by atoms with van der Waals surface area (Å²) in [7, 11) is 3.97. The number of ether oxygens (including phenoxy) is 1. The SMILES string of the molecule is COCN1CC2CN(C)CC(C1)N2. The lowest BCUT2D eigenvalue weighted by Gasteiger charge is -2.45. The Morgan fingerprint density at radius 1 is 1.23 bits per heavy atom. The topological polar surface area (TPSA) is 27.7 Å². The second-order valence-electron chi connectivity index (χ2n) is 4.24. The summed E-state index contributed by atoms with van der Waals surface area (Å²) in [5.41, 5.74) is 0. The maximum absolute atomic E-state index is 5.16. The minimum atomic E-state index is 0.632. The zero-order chi connectivity index (χ0) is 9.26. The minimum Gasteiger partial charge on any atom is -0.369 e. The highest BCUT2D eigenvalue weighted by atomic mass is 16.5. The van der Waals surface area contributed by atoms with E-state index in [4.69, 9.17) is 4.74 Å². The fraction of sp³-hybridized carbons (Fsp3) is 1.00. The van der Waals surface area contributed by atoms with Crippen molar-refractivity contribution in [2.75, 3.05) is 47.1 Å². The van der Waals surface area contributed by atoms with E-state index in [0.717, 1.165) is 32.9 Å². The molecule has 2 rings (SSSR count). The van der Waals surface area contributed by atoms with Gasteiger partial charge in [-0.1, -0.05) is 0 Å². The number of rotatable bonds is 2. The molecule has 0 radical (unpaired) electrons. The van der Waals surface area contributed by atoms with Gasteiger partial charge in [-0.05, 0) is 7.05 Å². The third-order valence-electron chi connectivity index (χ3n) is 2.80. The van der Waals surface area contributed by atoms with Crippen LogP contribution in [0.2, 0.25) is 0 Å². The molecule has 0 aromatic rings. The highest BCUT2D eigenvalue weighted by molar-refractivity contribution is 4.92. The molecule has 0 spiro atoms. The molecule has 0 aromatic heterocycles. The Balaban J connectivity index is 1.90. The molecule has 2 fully saturated rings. The van der Waals surface area contributed by atoms with Crippen LogP contribution >= 0.6 is 0 Å². The maximum Gasteiger partial charge on any atom is 0.0987 e. The van der Waals surface area contributed by atoms with Crippen molar-refractivity contribution in [1.29, 1.82) is 0 Å². The van der Waals surface area contributed by atoms with Gasteiger partial charge in [-0.2, -0.15) is 0 Å². The average molecular weight is 185 g/mol. The zero-order valence-electron chi connectivity index (χ0n) is 8.49. The molecule has 0 amide bonds. The highest BCUT2D eigenvalue weighted by Crippen LogP contribution is 2.11. The largest absolute Gasteiger partial charge is 0.369 e. The molecular formula is C9H19N3O. The lowest BCUT2D eigenvalue weighted by atomic mass is 10.1. The Morgan fingerprint density at radius 2 is 1.85 bits per heavy atom. The van der Waals surface area contributed by atoms with Gasteiger partial charge in [0.15, 0.2) is 0 Å². The summed E-state index contributed by atoms with van der Waals surface area (Å²) in [6, 6.07) is 1.26. The number of methoxy groups -OCH3 is 1. The monoisotopic (exact) mass is 185 g/mol. The van der Waals surface area contributed by atoms with E-state index in [0.29, 0.717) is 12.1 Å². The first-order valence-corrected chi connectivity index (χ1v) is 4.94. The predicted octanol–water partition coefficient (Wildman–Crippen LogP) is -0.822. The smallest absolute Gasteiger partial charge is 0.0987 e. The van der Waals surface area contributed by atoms with Crippen LogP contribution in [-0.2, 0) is 4.74 Å². The van der Waals surface area contributed by atoms with Crippen molar-refractivity contribution >= 4 is 0 Å². The second-order valence-corrected chi connectivity index (χ2v) is 4.24. The molecule has 76 valence electrons. The molecule has 2 heterocycles. The first-order chi connectivity index (χ1) is 6.28. The summed E-state index contributed by atoms with van der Waals surface area (Å²) in [5, 5.41) is 3.63. The number of nitrogens with zero attached hydrogens (tertiary/aromatic N) is 2. The molecule has 2 bridgehead atoms. The van der Waals surface area contributed by atoms with Gasteiger partial charge in [0.25, 0.3) is 0 Å². The Kier molecular flexibility index (Phi) is 2.83. The van der Waals surface area contributed by atoms with E-state index in [1.54, 1.807) is 7.11 Å². The molecule has 2 unspecified atom stereocenters. The van der Waals surface area contributed by atoms with E-state index in [1.165, 1.54) is 0 Å². The van der Waals surface area contributed by atoms with Crippen molar-refractivity contribution < 1.29 is 4.74 Å². The van der Waals surface area contributed by atoms with E-state index in [2.05, 4.69) is 22.2 Å². The molecule has 13 heavy (non-hydrogen) atoms. The molecule has 4 heteroatoms. The number of nitrogens with one attached hydrogen (secondary N) is 1. The normalized spacial score (nSPS) is 36.5. The second kappa shape index (κ2) is 3.92. The van der Waals surface area contributed by atoms with Gasteiger partial charge in [-0.25, -0.2) is 0 Å². The molecular weight excluding hydrogens is 166 g/mol. The van der Waals surface area contributed by atoms with Crippen molar-refractivity contribution in [3.05, 3.63) is 0 Å². The van der Waals surface area contributed by atoms with Gasteiger partial charge in [-0.3, -0.25) is 4.90 Å². The zero-order valence-corrected chi connectivity index (χ0v) is 8.49. The maximum atomic E-state index is 5.16. The molecule has 2 saturated heterocycles. The third kappa shape index (κ3) is 2.20. The van der Waals surface area contributed by atoms with E-state index in [1.807, 2.05) is 0 Å². The minimum absolute atomic E-state index is 0.632. The Bertz CT molecular complexity index is 158. The van der Waals surface area contributed by atoms with Gasteiger partial charge in [0, 0.05) is 45.4 Å². The van der Waals surface area contributed by atoms with Gasteiger partial charge in [0.2, 0.25) is 0 Å². The fourth-order valence-corrected chi connectivity index (χ4v) is 2.47. The molecule has 2 atom stereocenters. The lowest BCUT2D eigenvalue weighted by molar-refractivity contribution is 0.00563. The van der Waals surface area contributed by atoms with Gasteiger partial charge in [-0.15, -0.1) is 0 Å². The first kappa shape index (κ1) is 9.40. The van der Waals surface area contributed by atoms with Crippen molar-refractivity contribution in [3.8, 4) is 0 Å². The molecule has 2 aliphatic heterocycles. The number of hydrogen-bond donors (Lipinski definition) is 1. The Morgan fingerprint density at radius 3 is 2.38 bits per heavy atom. The van der Waals surface area contributed by atoms with Gasteiger partial charge < -0.3 is 15.0 Å². The molecule has 0 aliphatic carbocycles. The Hall–Kier alpha value is -0.160. The van der Waals surface area contributed by atoms with Gasteiger partial charge >= 0.3 is 0 Å². The number of hydrogen-bond acceptors (Lipinski definition) is 4. The molecule has 1 N–H and O–H groups in total. The lowest BCUT2D eigenvalue weighted by Crippen LogP contribution is -2.66. The molecule has 2 aliphatic rings. The van der Waals surface area contributed by atoms with Crippen LogP contribution in [0.5, 0.6) is 0 Å².